The Morgan fingerprint density at radius 3 is 2.25 bits per heavy atom. The summed E-state index contributed by atoms with van der Waals surface area (Å²) >= 11 is 0. The Kier molecular flexibility index (Phi) is 8.18. The van der Waals surface area contributed by atoms with Crippen LogP contribution in [0.25, 0.3) is 0 Å². The van der Waals surface area contributed by atoms with Gasteiger partial charge in [-0.25, -0.2) is 0 Å². The van der Waals surface area contributed by atoms with Crippen molar-refractivity contribution in [2.75, 3.05) is 0 Å². The van der Waals surface area contributed by atoms with E-state index in [1.807, 2.05) is 60.7 Å². The fourth-order valence-corrected chi connectivity index (χ4v) is 4.23. The molecular formula is C28H28N4O4. The molecule has 3 amide bonds. The minimum Gasteiger partial charge on any atom is -0.344 e. The highest BCUT2D eigenvalue weighted by molar-refractivity contribution is 6.38. The first kappa shape index (κ1) is 24.8. The number of carbonyl (C=O) groups is 4. The Labute approximate surface area is 209 Å². The van der Waals surface area contributed by atoms with Gasteiger partial charge >= 0.3 is 0 Å². The lowest BCUT2D eigenvalue weighted by Crippen LogP contribution is -2.53. The van der Waals surface area contributed by atoms with Crippen molar-refractivity contribution in [3.8, 4) is 0 Å². The quantitative estimate of drug-likeness (QED) is 0.429. The largest absolute Gasteiger partial charge is 0.344 e. The van der Waals surface area contributed by atoms with Crippen LogP contribution in [0, 0.1) is 0 Å². The van der Waals surface area contributed by atoms with Crippen molar-refractivity contribution in [3.05, 3.63) is 102 Å². The van der Waals surface area contributed by atoms with E-state index in [4.69, 9.17) is 0 Å². The Bertz CT molecular complexity index is 1200. The van der Waals surface area contributed by atoms with Crippen LogP contribution in [0.2, 0.25) is 0 Å². The smallest absolute Gasteiger partial charge is 0.289 e. The average Bonchev–Trinajstić information content (AvgIpc) is 3.28. The topological polar surface area (TPSA) is 108 Å². The van der Waals surface area contributed by atoms with E-state index < -0.39 is 29.7 Å². The second-order valence-corrected chi connectivity index (χ2v) is 8.68. The van der Waals surface area contributed by atoms with Crippen molar-refractivity contribution in [1.29, 1.82) is 0 Å². The maximum atomic E-state index is 13.3. The van der Waals surface area contributed by atoms with E-state index in [1.54, 1.807) is 24.4 Å². The molecule has 2 aromatic carbocycles. The number of hydrogen-bond acceptors (Lipinski definition) is 5. The predicted octanol–water partition coefficient (Wildman–Crippen LogP) is 2.19. The summed E-state index contributed by atoms with van der Waals surface area (Å²) in [5.41, 5.74) is 2.33. The summed E-state index contributed by atoms with van der Waals surface area (Å²) in [5.74, 6) is -2.10. The second-order valence-electron chi connectivity index (χ2n) is 8.68. The molecule has 1 aromatic heterocycles. The Hall–Kier alpha value is -4.33. The van der Waals surface area contributed by atoms with Gasteiger partial charge in [-0.3, -0.25) is 24.2 Å². The van der Waals surface area contributed by atoms with Crippen LogP contribution in [0.15, 0.2) is 85.1 Å². The maximum absolute atomic E-state index is 13.3. The number of Topliss-reactive ketones (excluding diaryl/α,β-unsaturated/α-hetero) is 1. The maximum Gasteiger partial charge on any atom is 0.289 e. The monoisotopic (exact) mass is 484 g/mol. The van der Waals surface area contributed by atoms with E-state index in [0.29, 0.717) is 18.7 Å². The first-order chi connectivity index (χ1) is 17.5. The molecule has 3 aromatic rings. The second kappa shape index (κ2) is 11.9. The molecule has 36 heavy (non-hydrogen) atoms. The minimum atomic E-state index is -1.07. The van der Waals surface area contributed by atoms with Crippen molar-refractivity contribution in [2.24, 2.45) is 0 Å². The molecule has 0 aliphatic carbocycles. The third kappa shape index (κ3) is 6.41. The van der Waals surface area contributed by atoms with Gasteiger partial charge in [-0.05, 0) is 29.7 Å². The number of amides is 3. The van der Waals surface area contributed by atoms with Gasteiger partial charge in [0.1, 0.15) is 12.1 Å². The number of likely N-dealkylation sites (tertiary alicyclic amines) is 1. The van der Waals surface area contributed by atoms with Gasteiger partial charge in [0.2, 0.25) is 17.6 Å². The van der Waals surface area contributed by atoms with E-state index in [9.17, 15) is 19.2 Å². The highest BCUT2D eigenvalue weighted by atomic mass is 16.2. The molecule has 1 aliphatic rings. The van der Waals surface area contributed by atoms with Crippen LogP contribution < -0.4 is 10.6 Å². The van der Waals surface area contributed by atoms with Gasteiger partial charge in [0.25, 0.3) is 5.91 Å². The number of hydrogen-bond donors (Lipinski definition) is 2. The van der Waals surface area contributed by atoms with Gasteiger partial charge < -0.3 is 15.5 Å². The summed E-state index contributed by atoms with van der Waals surface area (Å²) in [6.07, 6.45) is 2.37. The summed E-state index contributed by atoms with van der Waals surface area (Å²) in [4.78, 5) is 57.4. The third-order valence-electron chi connectivity index (χ3n) is 6.12. The molecule has 0 saturated carbocycles. The van der Waals surface area contributed by atoms with Gasteiger partial charge in [0.15, 0.2) is 0 Å². The zero-order chi connectivity index (χ0) is 25.3. The molecule has 184 valence electrons. The number of aromatic nitrogens is 1. The summed E-state index contributed by atoms with van der Waals surface area (Å²) in [6, 6.07) is 22.1. The Balaban J connectivity index is 1.47. The van der Waals surface area contributed by atoms with E-state index in [1.165, 1.54) is 4.90 Å². The number of ketones is 1. The molecule has 1 unspecified atom stereocenters. The van der Waals surface area contributed by atoms with E-state index in [2.05, 4.69) is 15.6 Å². The van der Waals surface area contributed by atoms with Crippen LogP contribution >= 0.6 is 0 Å². The van der Waals surface area contributed by atoms with Crippen molar-refractivity contribution in [2.45, 2.75) is 44.4 Å². The van der Waals surface area contributed by atoms with Crippen LogP contribution in [0.5, 0.6) is 0 Å². The molecule has 0 spiro atoms. The van der Waals surface area contributed by atoms with Gasteiger partial charge in [0.05, 0.1) is 12.2 Å². The molecule has 8 heteroatoms. The molecule has 2 N–H and O–H groups in total. The van der Waals surface area contributed by atoms with E-state index in [-0.39, 0.29) is 25.3 Å². The highest BCUT2D eigenvalue weighted by Crippen LogP contribution is 2.22. The molecule has 1 fully saturated rings. The summed E-state index contributed by atoms with van der Waals surface area (Å²) < 4.78 is 0. The summed E-state index contributed by atoms with van der Waals surface area (Å²) in [5, 5.41) is 5.35. The number of rotatable bonds is 10. The van der Waals surface area contributed by atoms with E-state index >= 15 is 0 Å². The van der Waals surface area contributed by atoms with Crippen molar-refractivity contribution < 1.29 is 19.2 Å². The fourth-order valence-electron chi connectivity index (χ4n) is 4.23. The lowest BCUT2D eigenvalue weighted by atomic mass is 10.0. The molecule has 4 rings (SSSR count). The molecule has 1 saturated heterocycles. The van der Waals surface area contributed by atoms with Gasteiger partial charge in [0, 0.05) is 25.6 Å². The van der Waals surface area contributed by atoms with E-state index in [0.717, 1.165) is 11.1 Å². The van der Waals surface area contributed by atoms with Crippen molar-refractivity contribution >= 4 is 23.5 Å². The lowest BCUT2D eigenvalue weighted by Gasteiger charge is -2.26. The lowest BCUT2D eigenvalue weighted by molar-refractivity contribution is -0.141. The molecule has 1 aliphatic heterocycles. The summed E-state index contributed by atoms with van der Waals surface area (Å²) in [7, 11) is 0. The molecule has 0 bridgehead atoms. The van der Waals surface area contributed by atoms with Crippen LogP contribution in [0.1, 0.15) is 29.7 Å². The third-order valence-corrected chi connectivity index (χ3v) is 6.12. The number of benzene rings is 2. The molecule has 8 nitrogen and oxygen atoms in total. The Morgan fingerprint density at radius 2 is 1.58 bits per heavy atom. The van der Waals surface area contributed by atoms with Crippen LogP contribution in [0.3, 0.4) is 0 Å². The molecule has 2 atom stereocenters. The standard InChI is InChI=1S/C28H28N4O4/c33-25-15-14-24(32(25)19-21-11-5-2-6-12-21)27(35)31-23(17-20-9-3-1-4-10-20)26(34)28(36)30-18-22-13-7-8-16-29-22/h1-13,16,23-24H,14-15,17-19H2,(H,30,36)(H,31,35)/t23?,24-/m1/s1. The molecule has 0 radical (unpaired) electrons. The Morgan fingerprint density at radius 1 is 0.917 bits per heavy atom. The molecular weight excluding hydrogens is 456 g/mol. The highest BCUT2D eigenvalue weighted by Gasteiger charge is 2.38. The molecule has 2 heterocycles. The first-order valence-electron chi connectivity index (χ1n) is 11.9. The van der Waals surface area contributed by atoms with Crippen LogP contribution in [0.4, 0.5) is 0 Å². The zero-order valence-corrected chi connectivity index (χ0v) is 19.8. The minimum absolute atomic E-state index is 0.0966. The first-order valence-corrected chi connectivity index (χ1v) is 11.9. The van der Waals surface area contributed by atoms with Crippen LogP contribution in [-0.4, -0.2) is 45.5 Å². The number of carbonyl (C=O) groups excluding carboxylic acids is 4. The fraction of sp³-hybridized carbons (Fsp3) is 0.250. The average molecular weight is 485 g/mol. The van der Waals surface area contributed by atoms with Crippen molar-refractivity contribution in [1.82, 2.24) is 20.5 Å². The number of nitrogens with zero attached hydrogens (tertiary/aromatic N) is 2. The SMILES string of the molecule is O=C(NCc1ccccn1)C(=O)C(Cc1ccccc1)NC(=O)[C@H]1CCC(=O)N1Cc1ccccc1. The van der Waals surface area contributed by atoms with Gasteiger partial charge in [-0.15, -0.1) is 0 Å². The normalized spacial score (nSPS) is 15.8. The van der Waals surface area contributed by atoms with Crippen molar-refractivity contribution in [3.63, 3.8) is 0 Å². The van der Waals surface area contributed by atoms with Gasteiger partial charge in [-0.1, -0.05) is 66.7 Å². The van der Waals surface area contributed by atoms with Crippen LogP contribution in [-0.2, 0) is 38.7 Å². The zero-order valence-electron chi connectivity index (χ0n) is 19.8. The number of nitrogens with one attached hydrogen (secondary N) is 2. The van der Waals surface area contributed by atoms with Gasteiger partial charge in [-0.2, -0.15) is 0 Å². The number of pyridine rings is 1. The predicted molar refractivity (Wildman–Crippen MR) is 133 cm³/mol. The summed E-state index contributed by atoms with van der Waals surface area (Å²) in [6.45, 7) is 0.402.